The van der Waals surface area contributed by atoms with E-state index in [1.807, 2.05) is 0 Å². The molecule has 0 spiro atoms. The third-order valence-corrected chi connectivity index (χ3v) is 10.5. The van der Waals surface area contributed by atoms with Crippen molar-refractivity contribution in [3.05, 3.63) is 95.4 Å². The van der Waals surface area contributed by atoms with E-state index < -0.39 is 0 Å². The molecule has 2 N–H and O–H groups in total. The second-order valence-corrected chi connectivity index (χ2v) is 14.2. The molecule has 2 aromatic heterocycles. The van der Waals surface area contributed by atoms with E-state index in [0.717, 1.165) is 40.0 Å². The third-order valence-electron chi connectivity index (χ3n) is 8.93. The van der Waals surface area contributed by atoms with E-state index in [1.54, 1.807) is 39.3 Å². The summed E-state index contributed by atoms with van der Waals surface area (Å²) in [6, 6.07) is 8.65. The highest BCUT2D eigenvalue weighted by Crippen LogP contribution is 2.33. The number of carbonyl (C=O) groups excluding carboxylic acids is 2. The summed E-state index contributed by atoms with van der Waals surface area (Å²) >= 11 is 14.5. The average molecular weight is 812 g/mol. The van der Waals surface area contributed by atoms with Crippen LogP contribution in [0.2, 0.25) is 10.0 Å². The Hall–Kier alpha value is -3.27. The predicted molar refractivity (Wildman–Crippen MR) is 189 cm³/mol. The average Bonchev–Trinajstić information content (AvgIpc) is 3.58. The van der Waals surface area contributed by atoms with Crippen LogP contribution in [0.4, 0.5) is 14.6 Å². The number of benzene rings is 2. The highest BCUT2D eigenvalue weighted by atomic mass is 127. The number of anilines is 1. The molecule has 4 aromatic rings. The molecule has 48 heavy (non-hydrogen) atoms. The van der Waals surface area contributed by atoms with Crippen LogP contribution in [0.3, 0.4) is 0 Å². The quantitative estimate of drug-likeness (QED) is 0.277. The van der Waals surface area contributed by atoms with Gasteiger partial charge in [-0.15, -0.1) is 0 Å². The number of hydrogen-bond acceptors (Lipinski definition) is 6. The van der Waals surface area contributed by atoms with Crippen LogP contribution >= 0.6 is 45.8 Å². The lowest BCUT2D eigenvalue weighted by molar-refractivity contribution is 0.0734. The molecule has 0 bridgehead atoms. The monoisotopic (exact) mass is 810 g/mol. The first-order valence-corrected chi connectivity index (χ1v) is 17.5. The van der Waals surface area contributed by atoms with Crippen molar-refractivity contribution in [1.29, 1.82) is 0 Å². The van der Waals surface area contributed by atoms with Crippen LogP contribution < -0.4 is 10.6 Å². The molecule has 3 aliphatic rings. The Morgan fingerprint density at radius 2 is 1.33 bits per heavy atom. The standard InChI is InChI=1S/C19H23ClFN5O.C14H12ClFIN3O/c1-24-7-8-26-17(19(24)27)15(10-12-9-13(21)4-5-16(12)20)18(23-26)25-6-2-3-14(22)11-25;1-19-4-5-20-12(14(19)21)10(13(17)18-20)7-8-6-9(16)2-3-11(8)15/h4-5,9,14H,2-3,6-8,10-11,22H2,1H3;2-3,6H,4-5,7H2,1H3/t14-;/m1./s1. The van der Waals surface area contributed by atoms with Gasteiger partial charge in [-0.2, -0.15) is 10.2 Å². The fourth-order valence-electron chi connectivity index (χ4n) is 6.33. The minimum Gasteiger partial charge on any atom is -0.353 e. The number of hydrogen-bond donors (Lipinski definition) is 1. The molecule has 1 fully saturated rings. The summed E-state index contributed by atoms with van der Waals surface area (Å²) in [5.74, 6) is -0.0403. The minimum absolute atomic E-state index is 0.0563. The van der Waals surface area contributed by atoms with Gasteiger partial charge in [0.15, 0.2) is 5.82 Å². The number of piperidine rings is 1. The van der Waals surface area contributed by atoms with Crippen LogP contribution in [0.1, 0.15) is 56.1 Å². The van der Waals surface area contributed by atoms with Gasteiger partial charge in [0, 0.05) is 80.3 Å². The molecule has 2 aromatic carbocycles. The maximum atomic E-state index is 13.8. The Morgan fingerprint density at radius 1 is 0.812 bits per heavy atom. The van der Waals surface area contributed by atoms with E-state index >= 15 is 0 Å². The normalized spacial score (nSPS) is 17.7. The molecule has 0 saturated carbocycles. The van der Waals surface area contributed by atoms with Crippen molar-refractivity contribution in [2.75, 3.05) is 45.2 Å². The summed E-state index contributed by atoms with van der Waals surface area (Å²) in [5.41, 5.74) is 10.2. The van der Waals surface area contributed by atoms with E-state index in [-0.39, 0.29) is 29.5 Å². The first kappa shape index (κ1) is 34.6. The van der Waals surface area contributed by atoms with E-state index in [9.17, 15) is 18.4 Å². The lowest BCUT2D eigenvalue weighted by Crippen LogP contribution is -2.43. The molecule has 7 rings (SSSR count). The smallest absolute Gasteiger partial charge is 0.272 e. The number of halogens is 5. The molecule has 1 atom stereocenters. The molecule has 3 aliphatic heterocycles. The predicted octanol–water partition coefficient (Wildman–Crippen LogP) is 5.24. The molecule has 0 radical (unpaired) electrons. The van der Waals surface area contributed by atoms with Crippen molar-refractivity contribution in [1.82, 2.24) is 29.4 Å². The topological polar surface area (TPSA) is 106 Å². The van der Waals surface area contributed by atoms with Crippen LogP contribution in [0.25, 0.3) is 0 Å². The van der Waals surface area contributed by atoms with Gasteiger partial charge in [0.05, 0.1) is 13.1 Å². The summed E-state index contributed by atoms with van der Waals surface area (Å²) in [5, 5.41) is 10.1. The minimum atomic E-state index is -0.347. The molecule has 2 amide bonds. The number of amides is 2. The Morgan fingerprint density at radius 3 is 1.90 bits per heavy atom. The van der Waals surface area contributed by atoms with E-state index in [1.165, 1.54) is 30.3 Å². The van der Waals surface area contributed by atoms with Gasteiger partial charge in [-0.1, -0.05) is 23.2 Å². The van der Waals surface area contributed by atoms with Crippen molar-refractivity contribution in [3.63, 3.8) is 0 Å². The van der Waals surface area contributed by atoms with Gasteiger partial charge in [-0.05, 0) is 83.0 Å². The first-order chi connectivity index (χ1) is 22.9. The maximum Gasteiger partial charge on any atom is 0.272 e. The molecule has 1 saturated heterocycles. The molecule has 5 heterocycles. The number of carbonyl (C=O) groups is 2. The highest BCUT2D eigenvalue weighted by Gasteiger charge is 2.33. The highest BCUT2D eigenvalue weighted by molar-refractivity contribution is 14.1. The van der Waals surface area contributed by atoms with Crippen molar-refractivity contribution in [2.24, 2.45) is 5.73 Å². The Kier molecular flexibility index (Phi) is 10.3. The van der Waals surface area contributed by atoms with Crippen LogP contribution in [0, 0.1) is 15.3 Å². The maximum absolute atomic E-state index is 13.8. The summed E-state index contributed by atoms with van der Waals surface area (Å²) in [6.45, 7) is 4.12. The van der Waals surface area contributed by atoms with Gasteiger partial charge in [0.1, 0.15) is 26.7 Å². The van der Waals surface area contributed by atoms with Crippen LogP contribution in [-0.4, -0.2) is 87.5 Å². The second kappa shape index (κ2) is 14.3. The number of nitrogens with zero attached hydrogens (tertiary/aromatic N) is 7. The van der Waals surface area contributed by atoms with Gasteiger partial charge in [-0.3, -0.25) is 19.0 Å². The summed E-state index contributed by atoms with van der Waals surface area (Å²) in [7, 11) is 3.55. The zero-order chi connectivity index (χ0) is 34.3. The zero-order valence-electron chi connectivity index (χ0n) is 26.5. The molecular formula is C33H35Cl2F2IN8O2. The zero-order valence-corrected chi connectivity index (χ0v) is 30.2. The van der Waals surface area contributed by atoms with Crippen molar-refractivity contribution >= 4 is 63.4 Å². The summed E-state index contributed by atoms with van der Waals surface area (Å²) in [4.78, 5) is 30.7. The van der Waals surface area contributed by atoms with Gasteiger partial charge >= 0.3 is 0 Å². The number of aromatic nitrogens is 4. The third kappa shape index (κ3) is 7.05. The van der Waals surface area contributed by atoms with Gasteiger partial charge in [0.2, 0.25) is 0 Å². The van der Waals surface area contributed by atoms with Crippen molar-refractivity contribution < 1.29 is 18.4 Å². The Bertz CT molecular complexity index is 1880. The summed E-state index contributed by atoms with van der Waals surface area (Å²) in [6.07, 6.45) is 2.71. The lowest BCUT2D eigenvalue weighted by Gasteiger charge is -2.31. The largest absolute Gasteiger partial charge is 0.353 e. The summed E-state index contributed by atoms with van der Waals surface area (Å²) < 4.78 is 31.4. The molecule has 10 nitrogen and oxygen atoms in total. The molecular weight excluding hydrogens is 776 g/mol. The van der Waals surface area contributed by atoms with Gasteiger partial charge < -0.3 is 20.4 Å². The molecule has 0 aliphatic carbocycles. The fourth-order valence-corrected chi connectivity index (χ4v) is 7.40. The van der Waals surface area contributed by atoms with E-state index in [0.29, 0.717) is 78.1 Å². The number of nitrogens with two attached hydrogens (primary N) is 1. The molecule has 15 heteroatoms. The van der Waals surface area contributed by atoms with E-state index in [2.05, 4.69) is 32.6 Å². The van der Waals surface area contributed by atoms with Crippen molar-refractivity contribution in [3.8, 4) is 0 Å². The Balaban J connectivity index is 0.000000173. The SMILES string of the molecule is CN1CCn2nc(I)c(Cc3cc(F)ccc3Cl)c2C1=O.CN1CCn2nc(N3CCC[C@@H](N)C3)c(Cc3cc(F)ccc3Cl)c2C1=O. The van der Waals surface area contributed by atoms with Crippen LogP contribution in [0.15, 0.2) is 36.4 Å². The number of rotatable bonds is 5. The number of fused-ring (bicyclic) bond motifs is 2. The lowest BCUT2D eigenvalue weighted by atomic mass is 10.0. The Labute approximate surface area is 300 Å². The van der Waals surface area contributed by atoms with Crippen molar-refractivity contribution in [2.45, 2.75) is 44.8 Å². The first-order valence-electron chi connectivity index (χ1n) is 15.7. The van der Waals surface area contributed by atoms with Crippen LogP contribution in [-0.2, 0) is 25.9 Å². The molecule has 254 valence electrons. The van der Waals surface area contributed by atoms with Gasteiger partial charge in [0.25, 0.3) is 11.8 Å². The molecule has 0 unspecified atom stereocenters. The second-order valence-electron chi connectivity index (χ2n) is 12.3. The van der Waals surface area contributed by atoms with E-state index in [4.69, 9.17) is 34.0 Å². The van der Waals surface area contributed by atoms with Crippen LogP contribution in [0.5, 0.6) is 0 Å². The number of likely N-dealkylation sites (N-methyl/N-ethyl adjacent to an activating group) is 2. The van der Waals surface area contributed by atoms with Gasteiger partial charge in [-0.25, -0.2) is 8.78 Å². The fraction of sp³-hybridized carbons (Fsp3) is 0.394.